The Bertz CT molecular complexity index is 385. The van der Waals surface area contributed by atoms with Gasteiger partial charge in [-0.15, -0.1) is 0 Å². The minimum atomic E-state index is 0.441. The predicted octanol–water partition coefficient (Wildman–Crippen LogP) is 3.28. The maximum absolute atomic E-state index is 5.82. The van der Waals surface area contributed by atoms with Crippen LogP contribution in [0.5, 0.6) is 0 Å². The maximum Gasteiger partial charge on any atom is 0.108 e. The van der Waals surface area contributed by atoms with E-state index in [4.69, 9.17) is 16.3 Å². The second kappa shape index (κ2) is 7.11. The van der Waals surface area contributed by atoms with Crippen LogP contribution in [0.3, 0.4) is 0 Å². The number of hydrogen-bond acceptors (Lipinski definition) is 1. The molecule has 0 aliphatic carbocycles. The molecule has 0 heterocycles. The lowest BCUT2D eigenvalue weighted by Gasteiger charge is -1.92. The molecule has 0 aliphatic heterocycles. The van der Waals surface area contributed by atoms with Gasteiger partial charge in [0.15, 0.2) is 0 Å². The van der Waals surface area contributed by atoms with E-state index in [-0.39, 0.29) is 0 Å². The van der Waals surface area contributed by atoms with Gasteiger partial charge < -0.3 is 4.74 Å². The summed E-state index contributed by atoms with van der Waals surface area (Å²) in [6, 6.07) is 7.47. The monoisotopic (exact) mass is 220 g/mol. The molecule has 0 bridgehead atoms. The van der Waals surface area contributed by atoms with Gasteiger partial charge >= 0.3 is 0 Å². The lowest BCUT2D eigenvalue weighted by molar-refractivity contribution is 0.199. The molecule has 78 valence electrons. The highest BCUT2D eigenvalue weighted by molar-refractivity contribution is 6.30. The van der Waals surface area contributed by atoms with Gasteiger partial charge in [-0.1, -0.05) is 41.7 Å². The van der Waals surface area contributed by atoms with E-state index in [1.165, 1.54) is 0 Å². The van der Waals surface area contributed by atoms with Crippen molar-refractivity contribution in [1.29, 1.82) is 0 Å². The molecule has 0 radical (unpaired) electrons. The molecular weight excluding hydrogens is 208 g/mol. The molecule has 0 atom stereocenters. The molecule has 2 heteroatoms. The van der Waals surface area contributed by atoms with Crippen LogP contribution in [0.15, 0.2) is 36.4 Å². The zero-order valence-corrected chi connectivity index (χ0v) is 9.42. The van der Waals surface area contributed by atoms with E-state index in [1.54, 1.807) is 0 Å². The van der Waals surface area contributed by atoms with Crippen molar-refractivity contribution in [1.82, 2.24) is 0 Å². The Morgan fingerprint density at radius 2 is 2.33 bits per heavy atom. The largest absolute Gasteiger partial charge is 0.365 e. The van der Waals surface area contributed by atoms with Gasteiger partial charge in [-0.2, -0.15) is 0 Å². The van der Waals surface area contributed by atoms with E-state index >= 15 is 0 Å². The van der Waals surface area contributed by atoms with Crippen LogP contribution in [0.1, 0.15) is 12.5 Å². The lowest BCUT2D eigenvalue weighted by Crippen LogP contribution is -1.90. The summed E-state index contributed by atoms with van der Waals surface area (Å²) in [4.78, 5) is 0. The fraction of sp³-hybridized carbons (Fsp3) is 0.231. The first-order valence-corrected chi connectivity index (χ1v) is 5.14. The third-order valence-corrected chi connectivity index (χ3v) is 1.92. The van der Waals surface area contributed by atoms with E-state index in [1.807, 2.05) is 43.3 Å². The van der Waals surface area contributed by atoms with Gasteiger partial charge in [-0.3, -0.25) is 0 Å². The van der Waals surface area contributed by atoms with Gasteiger partial charge in [-0.05, 0) is 25.1 Å². The number of hydrogen-bond donors (Lipinski definition) is 0. The van der Waals surface area contributed by atoms with E-state index in [0.29, 0.717) is 18.2 Å². The van der Waals surface area contributed by atoms with Crippen molar-refractivity contribution in [2.24, 2.45) is 0 Å². The van der Waals surface area contributed by atoms with Crippen LogP contribution in [-0.4, -0.2) is 13.2 Å². The van der Waals surface area contributed by atoms with Crippen LogP contribution in [0.4, 0.5) is 0 Å². The maximum atomic E-state index is 5.82. The van der Waals surface area contributed by atoms with E-state index in [2.05, 4.69) is 11.8 Å². The van der Waals surface area contributed by atoms with Crippen molar-refractivity contribution >= 4 is 11.6 Å². The van der Waals surface area contributed by atoms with E-state index in [9.17, 15) is 0 Å². The molecule has 0 saturated heterocycles. The molecule has 0 amide bonds. The number of ether oxygens (including phenoxy) is 1. The summed E-state index contributed by atoms with van der Waals surface area (Å²) in [5.41, 5.74) is 0.914. The average Bonchev–Trinajstić information content (AvgIpc) is 2.23. The summed E-state index contributed by atoms with van der Waals surface area (Å²) in [6.45, 7) is 3.01. The first-order valence-electron chi connectivity index (χ1n) is 4.76. The molecule has 1 aromatic carbocycles. The van der Waals surface area contributed by atoms with Gasteiger partial charge in [0.1, 0.15) is 6.61 Å². The summed E-state index contributed by atoms with van der Waals surface area (Å²) in [6.07, 6.45) is 3.89. The number of allylic oxidation sites excluding steroid dienone is 1. The molecule has 0 saturated carbocycles. The summed E-state index contributed by atoms with van der Waals surface area (Å²) in [5, 5.41) is 0.705. The molecule has 0 aromatic heterocycles. The van der Waals surface area contributed by atoms with Crippen LogP contribution in [0.25, 0.3) is 0 Å². The van der Waals surface area contributed by atoms with Crippen LogP contribution < -0.4 is 0 Å². The minimum Gasteiger partial charge on any atom is -0.365 e. The quantitative estimate of drug-likeness (QED) is 0.432. The van der Waals surface area contributed by atoms with Crippen molar-refractivity contribution < 1.29 is 4.74 Å². The van der Waals surface area contributed by atoms with E-state index in [0.717, 1.165) is 5.56 Å². The zero-order valence-electron chi connectivity index (χ0n) is 8.66. The topological polar surface area (TPSA) is 9.23 Å². The highest BCUT2D eigenvalue weighted by atomic mass is 35.5. The van der Waals surface area contributed by atoms with Crippen molar-refractivity contribution in [3.05, 3.63) is 47.0 Å². The Hall–Kier alpha value is -1.23. The van der Waals surface area contributed by atoms with Crippen LogP contribution in [0, 0.1) is 11.8 Å². The highest BCUT2D eigenvalue weighted by Crippen LogP contribution is 2.09. The molecule has 0 N–H and O–H groups in total. The smallest absolute Gasteiger partial charge is 0.108 e. The summed E-state index contributed by atoms with van der Waals surface area (Å²) < 4.78 is 5.23. The molecule has 0 spiro atoms. The SMILES string of the molecule is C/C=C\COCC#Cc1cccc(Cl)c1. The van der Waals surface area contributed by atoms with E-state index < -0.39 is 0 Å². The highest BCUT2D eigenvalue weighted by Gasteiger charge is 1.87. The minimum absolute atomic E-state index is 0.441. The summed E-state index contributed by atoms with van der Waals surface area (Å²) >= 11 is 5.82. The van der Waals surface area contributed by atoms with Crippen molar-refractivity contribution in [3.8, 4) is 11.8 Å². The summed E-state index contributed by atoms with van der Waals surface area (Å²) in [7, 11) is 0. The molecule has 1 rings (SSSR count). The van der Waals surface area contributed by atoms with Crippen molar-refractivity contribution in [3.63, 3.8) is 0 Å². The average molecular weight is 221 g/mol. The number of halogens is 1. The Kier molecular flexibility index (Phi) is 5.62. The third kappa shape index (κ3) is 5.27. The Morgan fingerprint density at radius 1 is 1.47 bits per heavy atom. The van der Waals surface area contributed by atoms with Gasteiger partial charge in [0.05, 0.1) is 6.61 Å². The standard InChI is InChI=1S/C13H13ClO/c1-2-3-9-15-10-5-7-12-6-4-8-13(14)11-12/h2-4,6,8,11H,9-10H2,1H3/b3-2-. The van der Waals surface area contributed by atoms with Crippen molar-refractivity contribution in [2.45, 2.75) is 6.92 Å². The third-order valence-electron chi connectivity index (χ3n) is 1.68. The molecule has 0 aliphatic rings. The fourth-order valence-corrected chi connectivity index (χ4v) is 1.17. The number of benzene rings is 1. The Labute approximate surface area is 95.7 Å². The van der Waals surface area contributed by atoms with Crippen LogP contribution >= 0.6 is 11.6 Å². The van der Waals surface area contributed by atoms with Crippen molar-refractivity contribution in [2.75, 3.05) is 13.2 Å². The van der Waals surface area contributed by atoms with Crippen LogP contribution in [-0.2, 0) is 4.74 Å². The second-order valence-electron chi connectivity index (χ2n) is 2.90. The molecule has 1 nitrogen and oxygen atoms in total. The molecular formula is C13H13ClO. The molecule has 0 unspecified atom stereocenters. The molecule has 15 heavy (non-hydrogen) atoms. The fourth-order valence-electron chi connectivity index (χ4n) is 0.979. The lowest BCUT2D eigenvalue weighted by atomic mass is 10.2. The van der Waals surface area contributed by atoms with Gasteiger partial charge in [0.2, 0.25) is 0 Å². The normalized spacial score (nSPS) is 10.0. The molecule has 0 fully saturated rings. The Morgan fingerprint density at radius 3 is 3.07 bits per heavy atom. The van der Waals surface area contributed by atoms with Gasteiger partial charge in [0, 0.05) is 10.6 Å². The van der Waals surface area contributed by atoms with Crippen LogP contribution in [0.2, 0.25) is 5.02 Å². The first-order chi connectivity index (χ1) is 7.33. The predicted molar refractivity (Wildman–Crippen MR) is 64.0 cm³/mol. The van der Waals surface area contributed by atoms with Gasteiger partial charge in [-0.25, -0.2) is 0 Å². The zero-order chi connectivity index (χ0) is 10.9. The number of rotatable bonds is 3. The van der Waals surface area contributed by atoms with Gasteiger partial charge in [0.25, 0.3) is 0 Å². The summed E-state index contributed by atoms with van der Waals surface area (Å²) in [5.74, 6) is 5.90. The first kappa shape index (κ1) is 11.8. The second-order valence-corrected chi connectivity index (χ2v) is 3.33. The molecule has 1 aromatic rings. The Balaban J connectivity index is 2.38.